The average molecular weight is 355 g/mol. The highest BCUT2D eigenvalue weighted by Gasteiger charge is 2.18. The van der Waals surface area contributed by atoms with Crippen LogP contribution in [-0.4, -0.2) is 20.7 Å². The summed E-state index contributed by atoms with van der Waals surface area (Å²) >= 11 is 1.35. The second kappa shape index (κ2) is 7.53. The van der Waals surface area contributed by atoms with Crippen LogP contribution < -0.4 is 5.32 Å². The van der Waals surface area contributed by atoms with E-state index in [9.17, 15) is 9.18 Å². The van der Waals surface area contributed by atoms with Gasteiger partial charge in [-0.2, -0.15) is 0 Å². The average Bonchev–Trinajstić information content (AvgIpc) is 3.07. The highest BCUT2D eigenvalue weighted by atomic mass is 32.2. The Morgan fingerprint density at radius 1 is 1.24 bits per heavy atom. The maximum atomic E-state index is 13.6. The summed E-state index contributed by atoms with van der Waals surface area (Å²) in [6.07, 6.45) is 3.56. The Hall–Kier alpha value is -2.60. The van der Waals surface area contributed by atoms with Crippen molar-refractivity contribution in [3.05, 3.63) is 72.3 Å². The number of nitrogens with one attached hydrogen (secondary N) is 1. The first-order valence-corrected chi connectivity index (χ1v) is 8.75. The van der Waals surface area contributed by atoms with E-state index in [0.29, 0.717) is 11.3 Å². The zero-order valence-corrected chi connectivity index (χ0v) is 14.8. The van der Waals surface area contributed by atoms with E-state index >= 15 is 0 Å². The van der Waals surface area contributed by atoms with Crippen LogP contribution >= 0.6 is 11.8 Å². The van der Waals surface area contributed by atoms with Gasteiger partial charge in [-0.1, -0.05) is 36.0 Å². The number of carbonyl (C=O) groups is 1. The lowest BCUT2D eigenvalue weighted by Gasteiger charge is -2.13. The van der Waals surface area contributed by atoms with Gasteiger partial charge in [-0.15, -0.1) is 0 Å². The van der Waals surface area contributed by atoms with Crippen LogP contribution in [0.15, 0.2) is 66.1 Å². The number of anilines is 1. The highest BCUT2D eigenvalue weighted by molar-refractivity contribution is 8.00. The molecule has 25 heavy (non-hydrogen) atoms. The maximum absolute atomic E-state index is 13.6. The number of para-hydroxylation sites is 1. The lowest BCUT2D eigenvalue weighted by atomic mass is 10.2. The predicted octanol–water partition coefficient (Wildman–Crippen LogP) is 4.44. The van der Waals surface area contributed by atoms with E-state index in [1.54, 1.807) is 32.2 Å². The summed E-state index contributed by atoms with van der Waals surface area (Å²) in [7, 11) is 0. The van der Waals surface area contributed by atoms with Crippen molar-refractivity contribution < 1.29 is 9.18 Å². The highest BCUT2D eigenvalue weighted by Crippen LogP contribution is 2.25. The minimum absolute atomic E-state index is 0.198. The van der Waals surface area contributed by atoms with Crippen molar-refractivity contribution >= 4 is 23.4 Å². The molecule has 0 spiro atoms. The van der Waals surface area contributed by atoms with Gasteiger partial charge in [0.25, 0.3) is 0 Å². The van der Waals surface area contributed by atoms with E-state index in [4.69, 9.17) is 0 Å². The standard InChI is InChI=1S/C19H18FN3OS/c1-13-8-9-15(12-17(13)20)22-18(24)14(2)25-19-21-10-11-23(19)16-6-4-3-5-7-16/h3-12,14H,1-2H3,(H,22,24). The predicted molar refractivity (Wildman–Crippen MR) is 98.6 cm³/mol. The van der Waals surface area contributed by atoms with Gasteiger partial charge in [0.05, 0.1) is 5.25 Å². The quantitative estimate of drug-likeness (QED) is 0.688. The van der Waals surface area contributed by atoms with Gasteiger partial charge >= 0.3 is 0 Å². The summed E-state index contributed by atoms with van der Waals surface area (Å²) < 4.78 is 15.5. The molecule has 128 valence electrons. The fourth-order valence-corrected chi connectivity index (χ4v) is 3.17. The fraction of sp³-hybridized carbons (Fsp3) is 0.158. The van der Waals surface area contributed by atoms with Gasteiger partial charge in [0.15, 0.2) is 5.16 Å². The van der Waals surface area contributed by atoms with E-state index in [-0.39, 0.29) is 17.0 Å². The Morgan fingerprint density at radius 2 is 2.00 bits per heavy atom. The molecule has 0 saturated carbocycles. The molecule has 0 saturated heterocycles. The van der Waals surface area contributed by atoms with Crippen molar-refractivity contribution in [3.63, 3.8) is 0 Å². The number of amides is 1. The second-order valence-electron chi connectivity index (χ2n) is 5.63. The Morgan fingerprint density at radius 3 is 2.72 bits per heavy atom. The van der Waals surface area contributed by atoms with Crippen LogP contribution in [0.5, 0.6) is 0 Å². The molecule has 2 aromatic carbocycles. The first-order chi connectivity index (χ1) is 12.0. The summed E-state index contributed by atoms with van der Waals surface area (Å²) in [6.45, 7) is 3.48. The number of benzene rings is 2. The number of aromatic nitrogens is 2. The molecule has 0 aliphatic heterocycles. The molecular formula is C19H18FN3OS. The molecule has 0 aliphatic rings. The van der Waals surface area contributed by atoms with Crippen molar-refractivity contribution in [1.82, 2.24) is 9.55 Å². The van der Waals surface area contributed by atoms with Gasteiger partial charge in [-0.3, -0.25) is 9.36 Å². The monoisotopic (exact) mass is 355 g/mol. The molecule has 0 aliphatic carbocycles. The smallest absolute Gasteiger partial charge is 0.237 e. The third kappa shape index (κ3) is 4.09. The number of imidazole rings is 1. The van der Waals surface area contributed by atoms with Crippen molar-refractivity contribution in [2.45, 2.75) is 24.3 Å². The molecule has 3 aromatic rings. The molecule has 0 radical (unpaired) electrons. The second-order valence-corrected chi connectivity index (χ2v) is 6.94. The Balaban J connectivity index is 1.70. The van der Waals surface area contributed by atoms with E-state index in [0.717, 1.165) is 10.8 Å². The number of carbonyl (C=O) groups excluding carboxylic acids is 1. The SMILES string of the molecule is Cc1ccc(NC(=O)C(C)Sc2nccn2-c2ccccc2)cc1F. The van der Waals surface area contributed by atoms with Crippen molar-refractivity contribution in [2.75, 3.05) is 5.32 Å². The van der Waals surface area contributed by atoms with Gasteiger partial charge in [0.2, 0.25) is 5.91 Å². The third-order valence-corrected chi connectivity index (χ3v) is 4.81. The van der Waals surface area contributed by atoms with Gasteiger partial charge in [0, 0.05) is 23.8 Å². The first kappa shape index (κ1) is 17.2. The van der Waals surface area contributed by atoms with Gasteiger partial charge < -0.3 is 5.32 Å². The van der Waals surface area contributed by atoms with Crippen LogP contribution in [-0.2, 0) is 4.79 Å². The molecule has 1 heterocycles. The number of halogens is 1. The minimum atomic E-state index is -0.380. The lowest BCUT2D eigenvalue weighted by Crippen LogP contribution is -2.23. The van der Waals surface area contributed by atoms with Crippen molar-refractivity contribution in [2.24, 2.45) is 0 Å². The summed E-state index contributed by atoms with van der Waals surface area (Å²) in [6, 6.07) is 14.5. The summed E-state index contributed by atoms with van der Waals surface area (Å²) in [5.74, 6) is -0.534. The molecule has 4 nitrogen and oxygen atoms in total. The Kier molecular flexibility index (Phi) is 5.19. The molecule has 1 amide bonds. The maximum Gasteiger partial charge on any atom is 0.237 e. The zero-order chi connectivity index (χ0) is 17.8. The Labute approximate surface area is 150 Å². The third-order valence-electron chi connectivity index (χ3n) is 3.73. The topological polar surface area (TPSA) is 46.9 Å². The summed E-state index contributed by atoms with van der Waals surface area (Å²) in [5, 5.41) is 3.09. The van der Waals surface area contributed by atoms with Crippen LogP contribution in [0.3, 0.4) is 0 Å². The lowest BCUT2D eigenvalue weighted by molar-refractivity contribution is -0.115. The van der Waals surface area contributed by atoms with Crippen LogP contribution in [0.4, 0.5) is 10.1 Å². The molecule has 1 atom stereocenters. The molecule has 6 heteroatoms. The van der Waals surface area contributed by atoms with E-state index in [1.807, 2.05) is 41.1 Å². The largest absolute Gasteiger partial charge is 0.325 e. The molecule has 1 aromatic heterocycles. The van der Waals surface area contributed by atoms with E-state index in [2.05, 4.69) is 10.3 Å². The summed E-state index contributed by atoms with van der Waals surface area (Å²) in [5.41, 5.74) is 1.98. The molecule has 1 unspecified atom stereocenters. The molecular weight excluding hydrogens is 337 g/mol. The van der Waals surface area contributed by atoms with Gasteiger partial charge in [-0.25, -0.2) is 9.37 Å². The molecule has 3 rings (SSSR count). The van der Waals surface area contributed by atoms with Gasteiger partial charge in [0.1, 0.15) is 5.82 Å². The van der Waals surface area contributed by atoms with Gasteiger partial charge in [-0.05, 0) is 43.7 Å². The van der Waals surface area contributed by atoms with Crippen molar-refractivity contribution in [3.8, 4) is 5.69 Å². The Bertz CT molecular complexity index is 879. The van der Waals surface area contributed by atoms with Crippen LogP contribution in [0, 0.1) is 12.7 Å². The number of rotatable bonds is 5. The number of thioether (sulfide) groups is 1. The van der Waals surface area contributed by atoms with Crippen LogP contribution in [0.25, 0.3) is 5.69 Å². The van der Waals surface area contributed by atoms with Crippen molar-refractivity contribution in [1.29, 1.82) is 0 Å². The molecule has 1 N–H and O–H groups in total. The number of hydrogen-bond donors (Lipinski definition) is 1. The number of aryl methyl sites for hydroxylation is 1. The van der Waals surface area contributed by atoms with E-state index < -0.39 is 0 Å². The number of hydrogen-bond acceptors (Lipinski definition) is 3. The number of nitrogens with zero attached hydrogens (tertiary/aromatic N) is 2. The zero-order valence-electron chi connectivity index (χ0n) is 13.9. The summed E-state index contributed by atoms with van der Waals surface area (Å²) in [4.78, 5) is 16.7. The first-order valence-electron chi connectivity index (χ1n) is 7.87. The molecule has 0 bridgehead atoms. The molecule has 0 fully saturated rings. The van der Waals surface area contributed by atoms with Crippen LogP contribution in [0.2, 0.25) is 0 Å². The normalized spacial score (nSPS) is 12.0. The van der Waals surface area contributed by atoms with E-state index in [1.165, 1.54) is 17.8 Å². The minimum Gasteiger partial charge on any atom is -0.325 e. The van der Waals surface area contributed by atoms with Crippen LogP contribution in [0.1, 0.15) is 12.5 Å². The fourth-order valence-electron chi connectivity index (χ4n) is 2.29.